The third-order valence-electron chi connectivity index (χ3n) is 2.66. The quantitative estimate of drug-likeness (QED) is 0.887. The van der Waals surface area contributed by atoms with Gasteiger partial charge in [0.1, 0.15) is 0 Å². The fourth-order valence-electron chi connectivity index (χ4n) is 1.57. The van der Waals surface area contributed by atoms with Crippen LogP contribution in [-0.4, -0.2) is 21.2 Å². The van der Waals surface area contributed by atoms with Crippen LogP contribution in [-0.2, 0) is 0 Å². The first-order valence-electron chi connectivity index (χ1n) is 5.89. The highest BCUT2D eigenvalue weighted by atomic mass is 19.2. The number of nitrogens with one attached hydrogen (secondary N) is 2. The van der Waals surface area contributed by atoms with Crippen LogP contribution in [0.3, 0.4) is 0 Å². The summed E-state index contributed by atoms with van der Waals surface area (Å²) in [4.78, 5) is 4.19. The van der Waals surface area contributed by atoms with Gasteiger partial charge in [0.2, 0.25) is 5.95 Å². The van der Waals surface area contributed by atoms with Gasteiger partial charge in [0.25, 0.3) is 0 Å². The molecule has 1 heterocycles. The van der Waals surface area contributed by atoms with Crippen LogP contribution < -0.4 is 10.6 Å². The van der Waals surface area contributed by atoms with Gasteiger partial charge in [0.05, 0.1) is 6.20 Å². The van der Waals surface area contributed by atoms with Crippen molar-refractivity contribution in [3.8, 4) is 0 Å². The Morgan fingerprint density at radius 1 is 1.16 bits per heavy atom. The average molecular weight is 263 g/mol. The fourth-order valence-corrected chi connectivity index (χ4v) is 1.57. The van der Waals surface area contributed by atoms with E-state index in [9.17, 15) is 8.78 Å². The lowest BCUT2D eigenvalue weighted by Crippen LogP contribution is -2.07. The maximum absolute atomic E-state index is 13.1. The minimum absolute atomic E-state index is 0.233. The fraction of sp³-hybridized carbons (Fsp3) is 0.250. The Labute approximate surface area is 108 Å². The number of nitrogens with zero attached hydrogens (tertiary/aromatic N) is 3. The van der Waals surface area contributed by atoms with Crippen LogP contribution >= 0.6 is 0 Å². The highest BCUT2D eigenvalue weighted by molar-refractivity contribution is 5.54. The minimum atomic E-state index is -0.926. The number of hydrogen-bond acceptors (Lipinski definition) is 5. The molecule has 2 N–H and O–H groups in total. The van der Waals surface area contributed by atoms with Crippen molar-refractivity contribution in [1.82, 2.24) is 15.2 Å². The Balaban J connectivity index is 1.75. The number of rotatable bonds is 4. The molecule has 7 heteroatoms. The molecular weight excluding hydrogens is 252 g/mol. The predicted molar refractivity (Wildman–Crippen MR) is 66.1 cm³/mol. The van der Waals surface area contributed by atoms with E-state index in [-0.39, 0.29) is 5.95 Å². The van der Waals surface area contributed by atoms with Gasteiger partial charge >= 0.3 is 0 Å². The van der Waals surface area contributed by atoms with Crippen LogP contribution in [0, 0.1) is 11.6 Å². The van der Waals surface area contributed by atoms with Crippen LogP contribution in [0.15, 0.2) is 24.4 Å². The Morgan fingerprint density at radius 3 is 2.74 bits per heavy atom. The Bertz CT molecular complexity index is 600. The molecule has 1 aromatic heterocycles. The van der Waals surface area contributed by atoms with Gasteiger partial charge in [0.15, 0.2) is 17.5 Å². The second-order valence-corrected chi connectivity index (χ2v) is 4.34. The highest BCUT2D eigenvalue weighted by Crippen LogP contribution is 2.24. The summed E-state index contributed by atoms with van der Waals surface area (Å²) in [7, 11) is 0. The van der Waals surface area contributed by atoms with Gasteiger partial charge in [-0.1, -0.05) is 0 Å². The SMILES string of the molecule is Fc1ccc(Nc2nncc(NC3CC3)n2)cc1F. The molecule has 3 rings (SSSR count). The van der Waals surface area contributed by atoms with Crippen LogP contribution in [0.25, 0.3) is 0 Å². The topological polar surface area (TPSA) is 62.7 Å². The standard InChI is InChI=1S/C12H11F2N5/c13-9-4-3-8(5-10(9)14)17-12-18-11(6-15-19-12)16-7-1-2-7/h3-7H,1-2H2,(H2,16,17,18,19). The zero-order valence-electron chi connectivity index (χ0n) is 9.90. The summed E-state index contributed by atoms with van der Waals surface area (Å²) < 4.78 is 25.9. The summed E-state index contributed by atoms with van der Waals surface area (Å²) in [6.07, 6.45) is 3.76. The Kier molecular flexibility index (Phi) is 2.94. The van der Waals surface area contributed by atoms with E-state index in [2.05, 4.69) is 25.8 Å². The number of halogens is 2. The van der Waals surface area contributed by atoms with E-state index in [0.717, 1.165) is 25.0 Å². The van der Waals surface area contributed by atoms with Crippen molar-refractivity contribution in [2.24, 2.45) is 0 Å². The second-order valence-electron chi connectivity index (χ2n) is 4.34. The van der Waals surface area contributed by atoms with Crippen molar-refractivity contribution in [1.29, 1.82) is 0 Å². The molecule has 1 aliphatic carbocycles. The monoisotopic (exact) mass is 263 g/mol. The number of hydrogen-bond donors (Lipinski definition) is 2. The van der Waals surface area contributed by atoms with E-state index in [1.54, 1.807) is 0 Å². The summed E-state index contributed by atoms with van der Waals surface area (Å²) in [5.41, 5.74) is 0.365. The molecule has 1 fully saturated rings. The molecule has 19 heavy (non-hydrogen) atoms. The highest BCUT2D eigenvalue weighted by Gasteiger charge is 2.21. The minimum Gasteiger partial charge on any atom is -0.366 e. The maximum Gasteiger partial charge on any atom is 0.249 e. The van der Waals surface area contributed by atoms with Crippen molar-refractivity contribution in [3.63, 3.8) is 0 Å². The van der Waals surface area contributed by atoms with Gasteiger partial charge in [-0.25, -0.2) is 8.78 Å². The molecule has 0 unspecified atom stereocenters. The van der Waals surface area contributed by atoms with Gasteiger partial charge in [-0.15, -0.1) is 5.10 Å². The first-order chi connectivity index (χ1) is 9.20. The molecule has 0 spiro atoms. The smallest absolute Gasteiger partial charge is 0.249 e. The lowest BCUT2D eigenvalue weighted by atomic mass is 10.3. The van der Waals surface area contributed by atoms with Crippen LogP contribution in [0.1, 0.15) is 12.8 Å². The molecule has 0 amide bonds. The van der Waals surface area contributed by atoms with Crippen molar-refractivity contribution in [2.45, 2.75) is 18.9 Å². The zero-order chi connectivity index (χ0) is 13.2. The largest absolute Gasteiger partial charge is 0.366 e. The lowest BCUT2D eigenvalue weighted by Gasteiger charge is -2.06. The van der Waals surface area contributed by atoms with Gasteiger partial charge in [0, 0.05) is 17.8 Å². The second kappa shape index (κ2) is 4.75. The predicted octanol–water partition coefficient (Wildman–Crippen LogP) is 2.47. The third kappa shape index (κ3) is 2.93. The third-order valence-corrected chi connectivity index (χ3v) is 2.66. The van der Waals surface area contributed by atoms with Gasteiger partial charge in [-0.3, -0.25) is 0 Å². The Morgan fingerprint density at radius 2 is 2.00 bits per heavy atom. The molecular formula is C12H11F2N5. The number of aromatic nitrogens is 3. The number of benzene rings is 1. The van der Waals surface area contributed by atoms with E-state index in [4.69, 9.17) is 0 Å². The number of anilines is 3. The zero-order valence-corrected chi connectivity index (χ0v) is 9.90. The van der Waals surface area contributed by atoms with E-state index < -0.39 is 11.6 Å². The lowest BCUT2D eigenvalue weighted by molar-refractivity contribution is 0.509. The molecule has 1 saturated carbocycles. The molecule has 0 aliphatic heterocycles. The van der Waals surface area contributed by atoms with Gasteiger partial charge in [-0.05, 0) is 25.0 Å². The molecule has 1 aliphatic rings. The van der Waals surface area contributed by atoms with Crippen molar-refractivity contribution < 1.29 is 8.78 Å². The van der Waals surface area contributed by atoms with E-state index in [1.807, 2.05) is 0 Å². The molecule has 0 saturated heterocycles. The average Bonchev–Trinajstić information content (AvgIpc) is 3.18. The van der Waals surface area contributed by atoms with Gasteiger partial charge < -0.3 is 10.6 Å². The van der Waals surface area contributed by atoms with E-state index in [1.165, 1.54) is 12.3 Å². The molecule has 0 radical (unpaired) electrons. The Hall–Kier alpha value is -2.31. The van der Waals surface area contributed by atoms with E-state index >= 15 is 0 Å². The first kappa shape index (κ1) is 11.8. The van der Waals surface area contributed by atoms with E-state index in [0.29, 0.717) is 17.5 Å². The van der Waals surface area contributed by atoms with Crippen molar-refractivity contribution in [3.05, 3.63) is 36.0 Å². The molecule has 0 atom stereocenters. The first-order valence-corrected chi connectivity index (χ1v) is 5.89. The summed E-state index contributed by atoms with van der Waals surface area (Å²) in [6.45, 7) is 0. The molecule has 0 bridgehead atoms. The molecule has 98 valence electrons. The summed E-state index contributed by atoms with van der Waals surface area (Å²) in [5, 5.41) is 13.5. The van der Waals surface area contributed by atoms with Crippen LogP contribution in [0.5, 0.6) is 0 Å². The van der Waals surface area contributed by atoms with Crippen molar-refractivity contribution in [2.75, 3.05) is 10.6 Å². The van der Waals surface area contributed by atoms with Crippen LogP contribution in [0.2, 0.25) is 0 Å². The summed E-state index contributed by atoms with van der Waals surface area (Å²) >= 11 is 0. The summed E-state index contributed by atoms with van der Waals surface area (Å²) in [5.74, 6) is -0.974. The van der Waals surface area contributed by atoms with Gasteiger partial charge in [-0.2, -0.15) is 10.1 Å². The molecule has 1 aromatic carbocycles. The molecule has 5 nitrogen and oxygen atoms in total. The normalized spacial score (nSPS) is 14.2. The van der Waals surface area contributed by atoms with Crippen molar-refractivity contribution >= 4 is 17.5 Å². The van der Waals surface area contributed by atoms with Crippen LogP contribution in [0.4, 0.5) is 26.2 Å². The summed E-state index contributed by atoms with van der Waals surface area (Å²) in [6, 6.07) is 3.94. The molecule has 2 aromatic rings. The maximum atomic E-state index is 13.1.